The van der Waals surface area contributed by atoms with Gasteiger partial charge in [-0.05, 0) is 31.4 Å². The van der Waals surface area contributed by atoms with E-state index in [1.807, 2.05) is 24.3 Å². The van der Waals surface area contributed by atoms with Crippen LogP contribution in [-0.2, 0) is 17.6 Å². The van der Waals surface area contributed by atoms with Gasteiger partial charge in [-0.1, -0.05) is 24.3 Å². The average Bonchev–Trinajstić information content (AvgIpc) is 2.18. The first-order chi connectivity index (χ1) is 7.78. The Morgan fingerprint density at radius 2 is 1.76 bits per heavy atom. The predicted octanol–water partition coefficient (Wildman–Crippen LogP) is 0.954. The summed E-state index contributed by atoms with van der Waals surface area (Å²) in [5.41, 5.74) is 6.62. The molecule has 0 spiro atoms. The van der Waals surface area contributed by atoms with E-state index in [2.05, 4.69) is 0 Å². The lowest BCUT2D eigenvalue weighted by Crippen LogP contribution is -2.32. The normalized spacial score (nSPS) is 13.4. The van der Waals surface area contributed by atoms with Crippen LogP contribution in [0.3, 0.4) is 0 Å². The summed E-state index contributed by atoms with van der Waals surface area (Å²) in [5.74, 6) is -0.995. The number of carbonyl (C=O) groups is 1. The quantitative estimate of drug-likeness (QED) is 0.712. The predicted molar refractivity (Wildman–Crippen MR) is 65.8 cm³/mol. The van der Waals surface area contributed by atoms with Crippen LogP contribution in [0.15, 0.2) is 24.3 Å². The molecule has 4 N–H and O–H groups in total. The van der Waals surface area contributed by atoms with E-state index in [-0.39, 0.29) is 0 Å². The maximum atomic E-state index is 10.6. The van der Waals surface area contributed by atoms with Gasteiger partial charge in [0.25, 0.3) is 0 Å². The molecule has 0 fully saturated rings. The highest BCUT2D eigenvalue weighted by Crippen LogP contribution is 2.13. The zero-order valence-corrected chi connectivity index (χ0v) is 10.2. The molecule has 1 unspecified atom stereocenters. The molecule has 1 rings (SSSR count). The fourth-order valence-electron chi connectivity index (χ4n) is 1.63. The van der Waals surface area contributed by atoms with Crippen molar-refractivity contribution in [1.29, 1.82) is 0 Å². The van der Waals surface area contributed by atoms with Crippen LogP contribution in [0.25, 0.3) is 0 Å². The summed E-state index contributed by atoms with van der Waals surface area (Å²) in [5, 5.41) is 18.4. The number of aliphatic carboxylic acids is 1. The van der Waals surface area contributed by atoms with Crippen LogP contribution in [0.2, 0.25) is 0 Å². The van der Waals surface area contributed by atoms with Crippen molar-refractivity contribution in [3.8, 4) is 0 Å². The Bertz CT molecular complexity index is 379. The lowest BCUT2D eigenvalue weighted by atomic mass is 9.97. The molecule has 4 nitrogen and oxygen atoms in total. The first kappa shape index (κ1) is 13.7. The first-order valence-electron chi connectivity index (χ1n) is 5.56. The average molecular weight is 237 g/mol. The van der Waals surface area contributed by atoms with Crippen molar-refractivity contribution in [1.82, 2.24) is 0 Å². The van der Waals surface area contributed by atoms with E-state index in [0.717, 1.165) is 11.1 Å². The van der Waals surface area contributed by atoms with Gasteiger partial charge in [0.1, 0.15) is 6.04 Å². The molecule has 0 saturated heterocycles. The lowest BCUT2D eigenvalue weighted by Gasteiger charge is -2.17. The van der Waals surface area contributed by atoms with Crippen molar-refractivity contribution in [3.63, 3.8) is 0 Å². The molecule has 4 heteroatoms. The van der Waals surface area contributed by atoms with Gasteiger partial charge >= 0.3 is 5.97 Å². The van der Waals surface area contributed by atoms with Gasteiger partial charge < -0.3 is 15.9 Å². The third kappa shape index (κ3) is 4.97. The summed E-state index contributed by atoms with van der Waals surface area (Å²) in [7, 11) is 0. The summed E-state index contributed by atoms with van der Waals surface area (Å²) >= 11 is 0. The van der Waals surface area contributed by atoms with Crippen LogP contribution in [0.5, 0.6) is 0 Å². The summed E-state index contributed by atoms with van der Waals surface area (Å²) in [6.45, 7) is 3.50. The molecule has 0 aliphatic rings. The molecule has 0 radical (unpaired) electrons. The van der Waals surface area contributed by atoms with Crippen LogP contribution in [0.4, 0.5) is 0 Å². The second kappa shape index (κ2) is 5.29. The molecule has 0 aliphatic heterocycles. The molecular weight excluding hydrogens is 218 g/mol. The van der Waals surface area contributed by atoms with Gasteiger partial charge in [-0.15, -0.1) is 0 Å². The largest absolute Gasteiger partial charge is 0.480 e. The monoisotopic (exact) mass is 237 g/mol. The van der Waals surface area contributed by atoms with Gasteiger partial charge in [0.15, 0.2) is 0 Å². The van der Waals surface area contributed by atoms with E-state index in [9.17, 15) is 9.90 Å². The second-order valence-electron chi connectivity index (χ2n) is 4.95. The highest BCUT2D eigenvalue weighted by molar-refractivity contribution is 5.73. The smallest absolute Gasteiger partial charge is 0.320 e. The van der Waals surface area contributed by atoms with Crippen molar-refractivity contribution in [2.24, 2.45) is 5.73 Å². The third-order valence-electron chi connectivity index (χ3n) is 2.43. The fraction of sp³-hybridized carbons (Fsp3) is 0.462. The van der Waals surface area contributed by atoms with Crippen LogP contribution in [-0.4, -0.2) is 27.8 Å². The van der Waals surface area contributed by atoms with Crippen LogP contribution in [0, 0.1) is 0 Å². The summed E-state index contributed by atoms with van der Waals surface area (Å²) in [4.78, 5) is 10.6. The Labute approximate surface area is 101 Å². The zero-order valence-electron chi connectivity index (χ0n) is 10.2. The zero-order chi connectivity index (χ0) is 13.1. The Hall–Kier alpha value is -1.39. The Kier molecular flexibility index (Phi) is 4.26. The van der Waals surface area contributed by atoms with Crippen molar-refractivity contribution in [3.05, 3.63) is 35.4 Å². The highest BCUT2D eigenvalue weighted by Gasteiger charge is 2.14. The fourth-order valence-corrected chi connectivity index (χ4v) is 1.63. The molecule has 94 valence electrons. The van der Waals surface area contributed by atoms with Crippen LogP contribution in [0.1, 0.15) is 25.0 Å². The molecule has 0 amide bonds. The topological polar surface area (TPSA) is 83.5 Å². The van der Waals surface area contributed by atoms with E-state index in [1.165, 1.54) is 0 Å². The minimum Gasteiger partial charge on any atom is -0.480 e. The van der Waals surface area contributed by atoms with E-state index < -0.39 is 17.6 Å². The Morgan fingerprint density at radius 3 is 2.18 bits per heavy atom. The van der Waals surface area contributed by atoms with Gasteiger partial charge in [-0.3, -0.25) is 4.79 Å². The van der Waals surface area contributed by atoms with Crippen molar-refractivity contribution >= 4 is 5.97 Å². The second-order valence-corrected chi connectivity index (χ2v) is 4.95. The van der Waals surface area contributed by atoms with E-state index >= 15 is 0 Å². The Morgan fingerprint density at radius 1 is 1.29 bits per heavy atom. The minimum atomic E-state index is -0.995. The van der Waals surface area contributed by atoms with Gasteiger partial charge in [0.05, 0.1) is 5.60 Å². The number of carboxylic acid groups (broad SMARTS) is 1. The standard InChI is InChI=1S/C13H19NO3/c1-13(2,17)8-10-5-3-9(4-6-10)7-11(14)12(15)16/h3-6,11,17H,7-8,14H2,1-2H3,(H,15,16). The Balaban J connectivity index is 2.65. The van der Waals surface area contributed by atoms with E-state index in [1.54, 1.807) is 13.8 Å². The number of carboxylic acids is 1. The maximum Gasteiger partial charge on any atom is 0.320 e. The van der Waals surface area contributed by atoms with Gasteiger partial charge in [-0.2, -0.15) is 0 Å². The van der Waals surface area contributed by atoms with Crippen LogP contribution >= 0.6 is 0 Å². The summed E-state index contributed by atoms with van der Waals surface area (Å²) in [6, 6.07) is 6.62. The molecule has 17 heavy (non-hydrogen) atoms. The molecule has 0 aliphatic carbocycles. The van der Waals surface area contributed by atoms with E-state index in [0.29, 0.717) is 12.8 Å². The third-order valence-corrected chi connectivity index (χ3v) is 2.43. The number of nitrogens with two attached hydrogens (primary N) is 1. The van der Waals surface area contributed by atoms with Crippen molar-refractivity contribution < 1.29 is 15.0 Å². The van der Waals surface area contributed by atoms with Crippen molar-refractivity contribution in [2.75, 3.05) is 0 Å². The summed E-state index contributed by atoms with van der Waals surface area (Å²) < 4.78 is 0. The maximum absolute atomic E-state index is 10.6. The molecule has 1 aromatic carbocycles. The molecular formula is C13H19NO3. The SMILES string of the molecule is CC(C)(O)Cc1ccc(CC(N)C(=O)O)cc1. The molecule has 1 aromatic rings. The summed E-state index contributed by atoms with van der Waals surface area (Å²) in [6.07, 6.45) is 0.885. The molecule has 1 atom stereocenters. The molecule has 0 aromatic heterocycles. The van der Waals surface area contributed by atoms with Crippen molar-refractivity contribution in [2.45, 2.75) is 38.3 Å². The highest BCUT2D eigenvalue weighted by atomic mass is 16.4. The molecule has 0 saturated carbocycles. The van der Waals surface area contributed by atoms with Crippen LogP contribution < -0.4 is 5.73 Å². The number of aliphatic hydroxyl groups is 1. The lowest BCUT2D eigenvalue weighted by molar-refractivity contribution is -0.138. The number of benzene rings is 1. The van der Waals surface area contributed by atoms with E-state index in [4.69, 9.17) is 10.8 Å². The number of hydrogen-bond acceptors (Lipinski definition) is 3. The molecule has 0 bridgehead atoms. The van der Waals surface area contributed by atoms with Gasteiger partial charge in [-0.25, -0.2) is 0 Å². The van der Waals surface area contributed by atoms with Gasteiger partial charge in [0, 0.05) is 6.42 Å². The minimum absolute atomic E-state index is 0.318. The molecule has 0 heterocycles. The first-order valence-corrected chi connectivity index (χ1v) is 5.56. The number of hydrogen-bond donors (Lipinski definition) is 3. The number of rotatable bonds is 5. The van der Waals surface area contributed by atoms with Gasteiger partial charge in [0.2, 0.25) is 0 Å².